The van der Waals surface area contributed by atoms with Crippen LogP contribution in [0.5, 0.6) is 0 Å². The average Bonchev–Trinajstić information content (AvgIpc) is 2.78. The van der Waals surface area contributed by atoms with Crippen LogP contribution in [0.3, 0.4) is 0 Å². The molecular formula is C13H12Br2N4. The first-order valence-corrected chi connectivity index (χ1v) is 5.79. The van der Waals surface area contributed by atoms with E-state index in [1.807, 2.05) is 16.8 Å². The Morgan fingerprint density at radius 1 is 1.00 bits per heavy atom. The fraction of sp³-hybridized carbons (Fsp3) is 0.154. The zero-order chi connectivity index (χ0) is 11.2. The standard InChI is InChI=1S/C13H12N4.2BrH/c1-3-7-15-9-10-16-12-6-2-4-8-17(12)14-13(16)11(15)5-1;;/h1-8H,9-10H2;2*1H/q+2;;/p-2. The molecule has 0 spiro atoms. The zero-order valence-electron chi connectivity index (χ0n) is 10.1. The highest BCUT2D eigenvalue weighted by molar-refractivity contribution is 5.44. The lowest BCUT2D eigenvalue weighted by Crippen LogP contribution is -3.00. The van der Waals surface area contributed by atoms with Crippen LogP contribution in [-0.2, 0) is 13.1 Å². The van der Waals surface area contributed by atoms with Crippen molar-refractivity contribution in [1.82, 2.24) is 9.61 Å². The van der Waals surface area contributed by atoms with Gasteiger partial charge in [0.25, 0.3) is 11.3 Å². The third-order valence-corrected chi connectivity index (χ3v) is 3.29. The van der Waals surface area contributed by atoms with E-state index in [2.05, 4.69) is 50.8 Å². The minimum absolute atomic E-state index is 0. The monoisotopic (exact) mass is 382 g/mol. The van der Waals surface area contributed by atoms with Crippen molar-refractivity contribution in [2.45, 2.75) is 13.1 Å². The van der Waals surface area contributed by atoms with Crippen molar-refractivity contribution in [2.24, 2.45) is 0 Å². The smallest absolute Gasteiger partial charge is 0.374 e. The Bertz CT molecular complexity index is 723. The molecule has 4 nitrogen and oxygen atoms in total. The first-order chi connectivity index (χ1) is 8.43. The maximum Gasteiger partial charge on any atom is 0.374 e. The molecule has 0 aliphatic carbocycles. The van der Waals surface area contributed by atoms with Crippen LogP contribution in [0.15, 0.2) is 48.8 Å². The number of rotatable bonds is 0. The molecule has 1 aliphatic rings. The van der Waals surface area contributed by atoms with Gasteiger partial charge in [-0.3, -0.25) is 0 Å². The van der Waals surface area contributed by atoms with E-state index in [1.165, 1.54) is 5.69 Å². The second-order valence-corrected chi connectivity index (χ2v) is 4.26. The molecule has 19 heavy (non-hydrogen) atoms. The Hall–Kier alpha value is -1.27. The van der Waals surface area contributed by atoms with Crippen LogP contribution in [0, 0.1) is 0 Å². The van der Waals surface area contributed by atoms with Crippen LogP contribution in [0.25, 0.3) is 17.2 Å². The minimum atomic E-state index is 0. The highest BCUT2D eigenvalue weighted by atomic mass is 79.9. The number of hydrogen-bond acceptors (Lipinski definition) is 1. The Kier molecular flexibility index (Phi) is 4.01. The molecule has 0 aromatic carbocycles. The summed E-state index contributed by atoms with van der Waals surface area (Å²) in [7, 11) is 0. The predicted molar refractivity (Wildman–Crippen MR) is 61.0 cm³/mol. The summed E-state index contributed by atoms with van der Waals surface area (Å²) < 4.78 is 6.47. The van der Waals surface area contributed by atoms with E-state index in [0.29, 0.717) is 0 Å². The van der Waals surface area contributed by atoms with Crippen molar-refractivity contribution in [2.75, 3.05) is 0 Å². The molecule has 6 heteroatoms. The van der Waals surface area contributed by atoms with Gasteiger partial charge in [0.1, 0.15) is 12.7 Å². The second-order valence-electron chi connectivity index (χ2n) is 4.26. The first kappa shape index (κ1) is 14.1. The van der Waals surface area contributed by atoms with Gasteiger partial charge in [-0.15, -0.1) is 0 Å². The van der Waals surface area contributed by atoms with Gasteiger partial charge < -0.3 is 34.0 Å². The van der Waals surface area contributed by atoms with Crippen LogP contribution >= 0.6 is 0 Å². The molecule has 0 amide bonds. The highest BCUT2D eigenvalue weighted by Gasteiger charge is 2.32. The van der Waals surface area contributed by atoms with Crippen molar-refractivity contribution in [3.8, 4) is 11.5 Å². The number of fused-ring (bicyclic) bond motifs is 5. The predicted octanol–water partition coefficient (Wildman–Crippen LogP) is -5.40. The van der Waals surface area contributed by atoms with Crippen LogP contribution in [-0.4, -0.2) is 9.61 Å². The molecule has 3 aromatic rings. The molecule has 0 radical (unpaired) electrons. The van der Waals surface area contributed by atoms with Gasteiger partial charge in [-0.05, 0) is 12.1 Å². The summed E-state index contributed by atoms with van der Waals surface area (Å²) in [6.07, 6.45) is 4.11. The van der Waals surface area contributed by atoms with E-state index in [9.17, 15) is 0 Å². The number of aromatic nitrogens is 4. The topological polar surface area (TPSA) is 25.1 Å². The third-order valence-electron chi connectivity index (χ3n) is 3.29. The largest absolute Gasteiger partial charge is 1.00 e. The summed E-state index contributed by atoms with van der Waals surface area (Å²) in [5.74, 6) is 1.04. The molecule has 3 aromatic heterocycles. The molecule has 0 saturated heterocycles. The van der Waals surface area contributed by atoms with Gasteiger partial charge in [-0.25, -0.2) is 4.57 Å². The first-order valence-electron chi connectivity index (χ1n) is 5.79. The fourth-order valence-electron chi connectivity index (χ4n) is 2.48. The van der Waals surface area contributed by atoms with Crippen molar-refractivity contribution in [3.05, 3.63) is 48.8 Å². The van der Waals surface area contributed by atoms with Crippen LogP contribution in [0.4, 0.5) is 0 Å². The summed E-state index contributed by atoms with van der Waals surface area (Å²) in [5.41, 5.74) is 2.33. The Balaban J connectivity index is 0.000000667. The van der Waals surface area contributed by atoms with Crippen molar-refractivity contribution >= 4 is 5.65 Å². The number of aryl methyl sites for hydroxylation is 2. The van der Waals surface area contributed by atoms with E-state index in [0.717, 1.165) is 24.6 Å². The van der Waals surface area contributed by atoms with Gasteiger partial charge in [-0.2, -0.15) is 4.57 Å². The number of nitrogens with zero attached hydrogens (tertiary/aromatic N) is 4. The van der Waals surface area contributed by atoms with E-state index in [-0.39, 0.29) is 34.0 Å². The molecule has 0 atom stereocenters. The van der Waals surface area contributed by atoms with Crippen molar-refractivity contribution in [3.63, 3.8) is 0 Å². The molecule has 0 fully saturated rings. The summed E-state index contributed by atoms with van der Waals surface area (Å²) in [5, 5.41) is 4.65. The van der Waals surface area contributed by atoms with Gasteiger partial charge in [0.2, 0.25) is 0 Å². The summed E-state index contributed by atoms with van der Waals surface area (Å²) in [6.45, 7) is 1.98. The van der Waals surface area contributed by atoms with Crippen LogP contribution < -0.4 is 43.1 Å². The lowest BCUT2D eigenvalue weighted by molar-refractivity contribution is -0.784. The minimum Gasteiger partial charge on any atom is -1.00 e. The maximum atomic E-state index is 4.65. The average molecular weight is 384 g/mol. The number of halogens is 2. The molecule has 0 saturated carbocycles. The van der Waals surface area contributed by atoms with Gasteiger partial charge in [0.15, 0.2) is 12.7 Å². The van der Waals surface area contributed by atoms with Gasteiger partial charge >= 0.3 is 5.82 Å². The molecule has 0 N–H and O–H groups in total. The summed E-state index contributed by atoms with van der Waals surface area (Å²) in [6, 6.07) is 12.4. The van der Waals surface area contributed by atoms with E-state index < -0.39 is 0 Å². The molecular weight excluding hydrogens is 372 g/mol. The SMILES string of the molecule is [Br-].[Br-].c1cc[n+]2c(c1)-c1nn3ccccc3[n+]1CC2. The molecule has 0 unspecified atom stereocenters. The number of pyridine rings is 2. The van der Waals surface area contributed by atoms with Crippen molar-refractivity contribution < 1.29 is 43.1 Å². The van der Waals surface area contributed by atoms with Gasteiger partial charge in [-0.1, -0.05) is 10.6 Å². The summed E-state index contributed by atoms with van der Waals surface area (Å²) in [4.78, 5) is 0. The molecule has 0 bridgehead atoms. The molecule has 1 aliphatic heterocycles. The lowest BCUT2D eigenvalue weighted by Gasteiger charge is -2.06. The van der Waals surface area contributed by atoms with Gasteiger partial charge in [0.05, 0.1) is 5.10 Å². The molecule has 4 rings (SSSR count). The quantitative estimate of drug-likeness (QED) is 0.356. The Labute approximate surface area is 131 Å². The third kappa shape index (κ3) is 2.08. The van der Waals surface area contributed by atoms with Crippen LogP contribution in [0.2, 0.25) is 0 Å². The van der Waals surface area contributed by atoms with Crippen molar-refractivity contribution in [1.29, 1.82) is 0 Å². The molecule has 98 valence electrons. The zero-order valence-corrected chi connectivity index (χ0v) is 13.2. The summed E-state index contributed by atoms with van der Waals surface area (Å²) >= 11 is 0. The Morgan fingerprint density at radius 3 is 2.74 bits per heavy atom. The van der Waals surface area contributed by atoms with Gasteiger partial charge in [0, 0.05) is 18.2 Å². The Morgan fingerprint density at radius 2 is 1.84 bits per heavy atom. The normalized spacial score (nSPS) is 12.0. The number of hydrogen-bond donors (Lipinski definition) is 0. The lowest BCUT2D eigenvalue weighted by atomic mass is 10.2. The highest BCUT2D eigenvalue weighted by Crippen LogP contribution is 2.12. The maximum absolute atomic E-state index is 4.65. The molecule has 4 heterocycles. The second kappa shape index (κ2) is 5.38. The van der Waals surface area contributed by atoms with E-state index in [1.54, 1.807) is 0 Å². The van der Waals surface area contributed by atoms with E-state index in [4.69, 9.17) is 0 Å². The fourth-order valence-corrected chi connectivity index (χ4v) is 2.48. The van der Waals surface area contributed by atoms with E-state index >= 15 is 0 Å². The van der Waals surface area contributed by atoms with Crippen LogP contribution in [0.1, 0.15) is 0 Å².